The fourth-order valence-electron chi connectivity index (χ4n) is 3.77. The highest BCUT2D eigenvalue weighted by Crippen LogP contribution is 2.40. The van der Waals surface area contributed by atoms with Gasteiger partial charge in [-0.15, -0.1) is 0 Å². The number of ether oxygens (including phenoxy) is 2. The molecule has 3 rings (SSSR count). The Kier molecular flexibility index (Phi) is 7.64. The molecule has 170 valence electrons. The molecule has 1 N–H and O–H groups in total. The monoisotopic (exact) mass is 438 g/mol. The third kappa shape index (κ3) is 4.99. The van der Waals surface area contributed by atoms with E-state index in [1.807, 2.05) is 13.0 Å². The van der Waals surface area contributed by atoms with Gasteiger partial charge in [-0.3, -0.25) is 14.6 Å². The van der Waals surface area contributed by atoms with E-state index >= 15 is 0 Å². The van der Waals surface area contributed by atoms with Gasteiger partial charge in [0.25, 0.3) is 11.7 Å². The van der Waals surface area contributed by atoms with Crippen LogP contribution in [0.15, 0.2) is 48.3 Å². The number of likely N-dealkylation sites (tertiary alicyclic amines) is 1. The summed E-state index contributed by atoms with van der Waals surface area (Å²) in [6.07, 6.45) is 3.81. The van der Waals surface area contributed by atoms with E-state index in [0.29, 0.717) is 49.0 Å². The average molecular weight is 439 g/mol. The van der Waals surface area contributed by atoms with Crippen LogP contribution in [-0.4, -0.2) is 53.5 Å². The van der Waals surface area contributed by atoms with Gasteiger partial charge in [0.1, 0.15) is 11.5 Å². The first-order chi connectivity index (χ1) is 15.3. The number of ketones is 1. The maximum absolute atomic E-state index is 13.0. The zero-order chi connectivity index (χ0) is 23.3. The Morgan fingerprint density at radius 2 is 2.03 bits per heavy atom. The van der Waals surface area contributed by atoms with Gasteiger partial charge in [0.2, 0.25) is 0 Å². The van der Waals surface area contributed by atoms with Crippen molar-refractivity contribution in [1.82, 2.24) is 9.88 Å². The average Bonchev–Trinajstić information content (AvgIpc) is 3.03. The van der Waals surface area contributed by atoms with Gasteiger partial charge in [0.15, 0.2) is 0 Å². The standard InChI is InChI=1S/C25H30N2O5/c1-16(2)15-32-19-8-9-20(17(3)13-19)23(28)21-22(18-7-5-10-26-14-18)27(11-6-12-31-4)25(30)24(21)29/h5,7-10,13-14,16,22,28H,6,11-12,15H2,1-4H3. The molecule has 32 heavy (non-hydrogen) atoms. The van der Waals surface area contributed by atoms with Crippen molar-refractivity contribution in [3.05, 3.63) is 65.0 Å². The lowest BCUT2D eigenvalue weighted by atomic mass is 9.94. The molecule has 1 aromatic heterocycles. The first kappa shape index (κ1) is 23.5. The number of aromatic nitrogens is 1. The molecular formula is C25H30N2O5. The maximum Gasteiger partial charge on any atom is 0.295 e. The molecule has 0 bridgehead atoms. The van der Waals surface area contributed by atoms with Crippen LogP contribution in [0.1, 0.15) is 43.0 Å². The fraction of sp³-hybridized carbons (Fsp3) is 0.400. The van der Waals surface area contributed by atoms with Crippen molar-refractivity contribution < 1.29 is 24.2 Å². The Morgan fingerprint density at radius 3 is 2.66 bits per heavy atom. The highest BCUT2D eigenvalue weighted by Gasteiger charge is 2.46. The van der Waals surface area contributed by atoms with Crippen LogP contribution in [0.25, 0.3) is 5.76 Å². The molecule has 1 saturated heterocycles. The summed E-state index contributed by atoms with van der Waals surface area (Å²) in [5.41, 5.74) is 1.98. The maximum atomic E-state index is 13.0. The van der Waals surface area contributed by atoms with E-state index in [4.69, 9.17) is 9.47 Å². The molecule has 1 aliphatic rings. The van der Waals surface area contributed by atoms with Gasteiger partial charge < -0.3 is 19.5 Å². The number of carbonyl (C=O) groups excluding carboxylic acids is 2. The van der Waals surface area contributed by atoms with Gasteiger partial charge in [-0.2, -0.15) is 0 Å². The summed E-state index contributed by atoms with van der Waals surface area (Å²) < 4.78 is 10.9. The number of aryl methyl sites for hydroxylation is 1. The van der Waals surface area contributed by atoms with E-state index in [1.54, 1.807) is 43.8 Å². The minimum Gasteiger partial charge on any atom is -0.507 e. The molecular weight excluding hydrogens is 408 g/mol. The molecule has 1 amide bonds. The summed E-state index contributed by atoms with van der Waals surface area (Å²) in [4.78, 5) is 31.5. The highest BCUT2D eigenvalue weighted by molar-refractivity contribution is 6.46. The molecule has 0 radical (unpaired) electrons. The van der Waals surface area contributed by atoms with Gasteiger partial charge >= 0.3 is 0 Å². The highest BCUT2D eigenvalue weighted by atomic mass is 16.5. The number of aliphatic hydroxyl groups is 1. The number of methoxy groups -OCH3 is 1. The molecule has 0 aliphatic carbocycles. The summed E-state index contributed by atoms with van der Waals surface area (Å²) in [6.45, 7) is 7.34. The molecule has 7 nitrogen and oxygen atoms in total. The summed E-state index contributed by atoms with van der Waals surface area (Å²) in [6, 6.07) is 8.14. The number of nitrogens with zero attached hydrogens (tertiary/aromatic N) is 2. The minimum atomic E-state index is -0.711. The Hall–Kier alpha value is -3.19. The zero-order valence-electron chi connectivity index (χ0n) is 19.0. The number of hydrogen-bond acceptors (Lipinski definition) is 6. The number of pyridine rings is 1. The van der Waals surface area contributed by atoms with E-state index in [0.717, 1.165) is 5.56 Å². The Morgan fingerprint density at radius 1 is 1.25 bits per heavy atom. The molecule has 1 aliphatic heterocycles. The third-order valence-corrected chi connectivity index (χ3v) is 5.32. The van der Waals surface area contributed by atoms with E-state index in [1.165, 1.54) is 4.90 Å². The lowest BCUT2D eigenvalue weighted by molar-refractivity contribution is -0.140. The van der Waals surface area contributed by atoms with Crippen LogP contribution < -0.4 is 4.74 Å². The topological polar surface area (TPSA) is 89.0 Å². The second kappa shape index (κ2) is 10.4. The Bertz CT molecular complexity index is 1000. The van der Waals surface area contributed by atoms with E-state index < -0.39 is 17.7 Å². The van der Waals surface area contributed by atoms with E-state index in [-0.39, 0.29) is 11.3 Å². The van der Waals surface area contributed by atoms with Crippen molar-refractivity contribution in [1.29, 1.82) is 0 Å². The van der Waals surface area contributed by atoms with Gasteiger partial charge in [-0.05, 0) is 54.7 Å². The second-order valence-electron chi connectivity index (χ2n) is 8.31. The number of benzene rings is 1. The summed E-state index contributed by atoms with van der Waals surface area (Å²) in [5, 5.41) is 11.2. The predicted molar refractivity (Wildman–Crippen MR) is 121 cm³/mol. The van der Waals surface area contributed by atoms with Gasteiger partial charge in [-0.1, -0.05) is 19.9 Å². The van der Waals surface area contributed by atoms with Gasteiger partial charge in [-0.25, -0.2) is 0 Å². The molecule has 2 heterocycles. The number of carbonyl (C=O) groups is 2. The van der Waals surface area contributed by atoms with Crippen LogP contribution in [0.5, 0.6) is 5.75 Å². The largest absolute Gasteiger partial charge is 0.507 e. The molecule has 1 aromatic carbocycles. The smallest absolute Gasteiger partial charge is 0.295 e. The van der Waals surface area contributed by atoms with Crippen LogP contribution in [-0.2, 0) is 14.3 Å². The molecule has 0 spiro atoms. The Labute approximate surface area is 188 Å². The van der Waals surface area contributed by atoms with Crippen molar-refractivity contribution in [2.45, 2.75) is 33.2 Å². The lowest BCUT2D eigenvalue weighted by Crippen LogP contribution is -2.31. The number of rotatable bonds is 9. The van der Waals surface area contributed by atoms with E-state index in [2.05, 4.69) is 18.8 Å². The normalized spacial score (nSPS) is 17.9. The van der Waals surface area contributed by atoms with Crippen molar-refractivity contribution in [2.24, 2.45) is 5.92 Å². The Balaban J connectivity index is 2.04. The summed E-state index contributed by atoms with van der Waals surface area (Å²) >= 11 is 0. The SMILES string of the molecule is COCCCN1C(=O)C(=O)C(=C(O)c2ccc(OCC(C)C)cc2C)C1c1cccnc1. The number of hydrogen-bond donors (Lipinski definition) is 1. The quantitative estimate of drug-likeness (QED) is 0.277. The summed E-state index contributed by atoms with van der Waals surface area (Å²) in [7, 11) is 1.59. The van der Waals surface area contributed by atoms with Crippen LogP contribution in [0.2, 0.25) is 0 Å². The van der Waals surface area contributed by atoms with Crippen molar-refractivity contribution >= 4 is 17.4 Å². The number of Topliss-reactive ketones (excluding diaryl/α,β-unsaturated/α-hetero) is 1. The van der Waals surface area contributed by atoms with Crippen molar-refractivity contribution in [3.8, 4) is 5.75 Å². The second-order valence-corrected chi connectivity index (χ2v) is 8.31. The molecule has 0 saturated carbocycles. The lowest BCUT2D eigenvalue weighted by Gasteiger charge is -2.25. The zero-order valence-corrected chi connectivity index (χ0v) is 19.0. The molecule has 7 heteroatoms. The first-order valence-electron chi connectivity index (χ1n) is 10.8. The fourth-order valence-corrected chi connectivity index (χ4v) is 3.77. The first-order valence-corrected chi connectivity index (χ1v) is 10.8. The number of amides is 1. The van der Waals surface area contributed by atoms with Gasteiger partial charge in [0.05, 0.1) is 18.2 Å². The van der Waals surface area contributed by atoms with Crippen molar-refractivity contribution in [2.75, 3.05) is 26.9 Å². The van der Waals surface area contributed by atoms with Crippen LogP contribution in [0.4, 0.5) is 0 Å². The molecule has 2 aromatic rings. The van der Waals surface area contributed by atoms with Crippen LogP contribution >= 0.6 is 0 Å². The molecule has 1 unspecified atom stereocenters. The minimum absolute atomic E-state index is 0.0689. The van der Waals surface area contributed by atoms with Gasteiger partial charge in [0, 0.05) is 38.2 Å². The molecule has 1 atom stereocenters. The van der Waals surface area contributed by atoms with Crippen molar-refractivity contribution in [3.63, 3.8) is 0 Å². The third-order valence-electron chi connectivity index (χ3n) is 5.32. The predicted octanol–water partition coefficient (Wildman–Crippen LogP) is 3.88. The van der Waals surface area contributed by atoms with Crippen LogP contribution in [0.3, 0.4) is 0 Å². The van der Waals surface area contributed by atoms with Crippen LogP contribution in [0, 0.1) is 12.8 Å². The van der Waals surface area contributed by atoms with E-state index in [9.17, 15) is 14.7 Å². The summed E-state index contributed by atoms with van der Waals surface area (Å²) in [5.74, 6) is -0.452. The molecule has 1 fully saturated rings. The number of aliphatic hydroxyl groups excluding tert-OH is 1.